The number of nitrogens with one attached hydrogen (secondary N) is 2. The Morgan fingerprint density at radius 1 is 1.10 bits per heavy atom. The summed E-state index contributed by atoms with van der Waals surface area (Å²) in [5.41, 5.74) is 2.45. The first-order valence-electron chi connectivity index (χ1n) is 10.6. The van der Waals surface area contributed by atoms with E-state index in [1.165, 1.54) is 16.5 Å². The summed E-state index contributed by atoms with van der Waals surface area (Å²) in [6.07, 6.45) is 5.03. The lowest BCUT2D eigenvalue weighted by atomic mass is 10.2. The van der Waals surface area contributed by atoms with Crippen LogP contribution < -0.4 is 15.5 Å². The van der Waals surface area contributed by atoms with E-state index in [4.69, 9.17) is 4.74 Å². The van der Waals surface area contributed by atoms with Gasteiger partial charge in [0.15, 0.2) is 5.96 Å². The lowest BCUT2D eigenvalue weighted by Crippen LogP contribution is -2.39. The molecule has 0 unspecified atom stereocenters. The Morgan fingerprint density at radius 3 is 2.77 bits per heavy atom. The molecule has 0 radical (unpaired) electrons. The molecule has 2 aromatic heterocycles. The number of aryl methyl sites for hydroxylation is 1. The van der Waals surface area contributed by atoms with E-state index in [9.17, 15) is 0 Å². The Kier molecular flexibility index (Phi) is 8.96. The third kappa shape index (κ3) is 6.10. The molecule has 31 heavy (non-hydrogen) atoms. The van der Waals surface area contributed by atoms with Crippen LogP contribution in [0.1, 0.15) is 12.0 Å². The van der Waals surface area contributed by atoms with Crippen molar-refractivity contribution in [2.75, 3.05) is 44.8 Å². The number of guanidine groups is 1. The quantitative estimate of drug-likeness (QED) is 0.211. The number of aromatic nitrogens is 2. The fourth-order valence-corrected chi connectivity index (χ4v) is 3.82. The number of nitrogens with zero attached hydrogens (tertiary/aromatic N) is 4. The maximum absolute atomic E-state index is 5.47. The summed E-state index contributed by atoms with van der Waals surface area (Å²) < 4.78 is 7.77. The van der Waals surface area contributed by atoms with Crippen LogP contribution in [0.2, 0.25) is 0 Å². The number of para-hydroxylation sites is 1. The topological polar surface area (TPSA) is 66.7 Å². The predicted molar refractivity (Wildman–Crippen MR) is 137 cm³/mol. The number of morpholine rings is 1. The largest absolute Gasteiger partial charge is 0.378 e. The zero-order valence-electron chi connectivity index (χ0n) is 18.0. The summed E-state index contributed by atoms with van der Waals surface area (Å²) in [7, 11) is 1.81. The average Bonchev–Trinajstić information content (AvgIpc) is 3.22. The van der Waals surface area contributed by atoms with Gasteiger partial charge < -0.3 is 24.8 Å². The number of anilines is 1. The van der Waals surface area contributed by atoms with Crippen molar-refractivity contribution in [1.82, 2.24) is 20.2 Å². The Morgan fingerprint density at radius 2 is 1.94 bits per heavy atom. The molecule has 0 amide bonds. The summed E-state index contributed by atoms with van der Waals surface area (Å²) in [5.74, 6) is 1.84. The number of ether oxygens (including phenoxy) is 1. The second-order valence-corrected chi connectivity index (χ2v) is 7.36. The van der Waals surface area contributed by atoms with Crippen LogP contribution >= 0.6 is 24.0 Å². The molecule has 1 aliphatic rings. The molecule has 2 N–H and O–H groups in total. The highest BCUT2D eigenvalue weighted by Crippen LogP contribution is 2.18. The van der Waals surface area contributed by atoms with Crippen molar-refractivity contribution >= 4 is 46.7 Å². The maximum atomic E-state index is 5.47. The van der Waals surface area contributed by atoms with Crippen molar-refractivity contribution in [2.45, 2.75) is 19.5 Å². The average molecular weight is 534 g/mol. The van der Waals surface area contributed by atoms with Crippen LogP contribution in [0, 0.1) is 0 Å². The Bertz CT molecular complexity index is 983. The second-order valence-electron chi connectivity index (χ2n) is 7.36. The molecular weight excluding hydrogens is 503 g/mol. The van der Waals surface area contributed by atoms with Gasteiger partial charge in [0.25, 0.3) is 0 Å². The van der Waals surface area contributed by atoms with Crippen LogP contribution in [0.25, 0.3) is 10.9 Å². The molecular formula is C23H31IN6O. The van der Waals surface area contributed by atoms with Crippen LogP contribution in [0.4, 0.5) is 5.82 Å². The predicted octanol–water partition coefficient (Wildman–Crippen LogP) is 3.25. The van der Waals surface area contributed by atoms with Gasteiger partial charge in [0.1, 0.15) is 5.82 Å². The fourth-order valence-electron chi connectivity index (χ4n) is 3.82. The first-order chi connectivity index (χ1) is 14.8. The number of hydrogen-bond donors (Lipinski definition) is 2. The highest BCUT2D eigenvalue weighted by molar-refractivity contribution is 14.0. The highest BCUT2D eigenvalue weighted by atomic mass is 127. The summed E-state index contributed by atoms with van der Waals surface area (Å²) in [5, 5.41) is 8.13. The van der Waals surface area contributed by atoms with Crippen LogP contribution in [0.3, 0.4) is 0 Å². The Hall–Kier alpha value is -2.33. The van der Waals surface area contributed by atoms with Gasteiger partial charge in [0, 0.05) is 63.2 Å². The number of aliphatic imine (C=N–C) groups is 1. The minimum atomic E-state index is 0. The van der Waals surface area contributed by atoms with Crippen LogP contribution in [0.5, 0.6) is 0 Å². The summed E-state index contributed by atoms with van der Waals surface area (Å²) in [4.78, 5) is 11.3. The number of halogens is 1. The van der Waals surface area contributed by atoms with Gasteiger partial charge in [0.05, 0.1) is 13.2 Å². The number of pyridine rings is 1. The van der Waals surface area contributed by atoms with Crippen LogP contribution in [-0.4, -0.2) is 55.4 Å². The van der Waals surface area contributed by atoms with Gasteiger partial charge in [0.2, 0.25) is 0 Å². The van der Waals surface area contributed by atoms with Gasteiger partial charge in [-0.3, -0.25) is 4.99 Å². The fraction of sp³-hybridized carbons (Fsp3) is 0.391. The lowest BCUT2D eigenvalue weighted by Gasteiger charge is -2.29. The number of fused-ring (bicyclic) bond motifs is 1. The Balaban J connectivity index is 0.00000272. The zero-order valence-corrected chi connectivity index (χ0v) is 20.3. The van der Waals surface area contributed by atoms with E-state index < -0.39 is 0 Å². The molecule has 1 aromatic carbocycles. The third-order valence-corrected chi connectivity index (χ3v) is 5.40. The molecule has 7 nitrogen and oxygen atoms in total. The van der Waals surface area contributed by atoms with Crippen molar-refractivity contribution in [2.24, 2.45) is 4.99 Å². The molecule has 4 rings (SSSR count). The minimum absolute atomic E-state index is 0. The molecule has 8 heteroatoms. The zero-order chi connectivity index (χ0) is 20.6. The summed E-state index contributed by atoms with van der Waals surface area (Å²) in [6, 6.07) is 14.8. The standard InChI is InChI=1S/C23H30N6O.HI/c1-24-23(26-11-5-12-28-13-9-19-6-2-3-8-21(19)28)27-18-20-7-4-10-25-22(20)29-14-16-30-17-15-29;/h2-4,6-10,13H,5,11-12,14-18H2,1H3,(H2,24,26,27);1H. The summed E-state index contributed by atoms with van der Waals surface area (Å²) in [6.45, 7) is 5.78. The smallest absolute Gasteiger partial charge is 0.191 e. The van der Waals surface area contributed by atoms with E-state index in [0.717, 1.165) is 57.6 Å². The van der Waals surface area contributed by atoms with Gasteiger partial charge >= 0.3 is 0 Å². The summed E-state index contributed by atoms with van der Waals surface area (Å²) >= 11 is 0. The number of hydrogen-bond acceptors (Lipinski definition) is 4. The lowest BCUT2D eigenvalue weighted by molar-refractivity contribution is 0.122. The van der Waals surface area contributed by atoms with Gasteiger partial charge in [-0.2, -0.15) is 0 Å². The molecule has 166 valence electrons. The molecule has 0 aliphatic carbocycles. The highest BCUT2D eigenvalue weighted by Gasteiger charge is 2.15. The first-order valence-corrected chi connectivity index (χ1v) is 10.6. The molecule has 0 spiro atoms. The molecule has 1 aliphatic heterocycles. The molecule has 0 atom stereocenters. The maximum Gasteiger partial charge on any atom is 0.191 e. The van der Waals surface area contributed by atoms with Gasteiger partial charge in [-0.1, -0.05) is 24.3 Å². The van der Waals surface area contributed by atoms with E-state index in [-0.39, 0.29) is 24.0 Å². The van der Waals surface area contributed by atoms with Crippen LogP contribution in [-0.2, 0) is 17.8 Å². The van der Waals surface area contributed by atoms with E-state index in [1.807, 2.05) is 12.3 Å². The molecule has 3 aromatic rings. The second kappa shape index (κ2) is 11.9. The minimum Gasteiger partial charge on any atom is -0.378 e. The van der Waals surface area contributed by atoms with E-state index in [1.54, 1.807) is 7.05 Å². The van der Waals surface area contributed by atoms with E-state index in [0.29, 0.717) is 6.54 Å². The van der Waals surface area contributed by atoms with Crippen LogP contribution in [0.15, 0.2) is 59.9 Å². The third-order valence-electron chi connectivity index (χ3n) is 5.40. The van der Waals surface area contributed by atoms with E-state index >= 15 is 0 Å². The Labute approximate surface area is 200 Å². The molecule has 1 saturated heterocycles. The first kappa shape index (κ1) is 23.3. The van der Waals surface area contributed by atoms with Crippen molar-refractivity contribution in [3.63, 3.8) is 0 Å². The normalized spacial score (nSPS) is 14.4. The SMILES string of the molecule is CN=C(NCCCn1ccc2ccccc21)NCc1cccnc1N1CCOCC1.I. The van der Waals surface area contributed by atoms with Crippen molar-refractivity contribution in [1.29, 1.82) is 0 Å². The molecule has 0 saturated carbocycles. The van der Waals surface area contributed by atoms with Crippen molar-refractivity contribution in [3.05, 3.63) is 60.4 Å². The van der Waals surface area contributed by atoms with Gasteiger partial charge in [-0.05, 0) is 30.0 Å². The molecule has 3 heterocycles. The monoisotopic (exact) mass is 534 g/mol. The number of rotatable bonds is 7. The number of benzene rings is 1. The van der Waals surface area contributed by atoms with E-state index in [2.05, 4.69) is 72.7 Å². The van der Waals surface area contributed by atoms with Crippen molar-refractivity contribution < 1.29 is 4.74 Å². The van der Waals surface area contributed by atoms with Gasteiger partial charge in [-0.15, -0.1) is 24.0 Å². The molecule has 0 bridgehead atoms. The van der Waals surface area contributed by atoms with Crippen molar-refractivity contribution in [3.8, 4) is 0 Å². The van der Waals surface area contributed by atoms with Gasteiger partial charge in [-0.25, -0.2) is 4.98 Å². The molecule has 1 fully saturated rings.